The summed E-state index contributed by atoms with van der Waals surface area (Å²) in [4.78, 5) is 12.0. The molecule has 7 heteroatoms. The maximum absolute atomic E-state index is 8.66. The highest BCUT2D eigenvalue weighted by molar-refractivity contribution is 5.39. The molecule has 0 saturated carbocycles. The van der Waals surface area contributed by atoms with Crippen LogP contribution in [0, 0.1) is 0 Å². The molecule has 0 fully saturated rings. The van der Waals surface area contributed by atoms with E-state index in [-0.39, 0.29) is 12.6 Å². The number of nitrogens with one attached hydrogen (secondary N) is 2. The summed E-state index contributed by atoms with van der Waals surface area (Å²) in [5.74, 6) is 0.997. The molecule has 1 rings (SSSR count). The molecule has 0 radical (unpaired) electrons. The van der Waals surface area contributed by atoms with Crippen molar-refractivity contribution >= 4 is 17.8 Å². The first kappa shape index (κ1) is 12.4. The van der Waals surface area contributed by atoms with E-state index >= 15 is 0 Å². The Morgan fingerprint density at radius 2 is 1.75 bits per heavy atom. The van der Waals surface area contributed by atoms with E-state index < -0.39 is 0 Å². The van der Waals surface area contributed by atoms with Crippen LogP contribution in [0.2, 0.25) is 0 Å². The van der Waals surface area contributed by atoms with Crippen molar-refractivity contribution in [3.05, 3.63) is 0 Å². The average Bonchev–Trinajstić information content (AvgIpc) is 2.26. The minimum absolute atomic E-state index is 0.0180. The Morgan fingerprint density at radius 1 is 1.12 bits per heavy atom. The number of nitrogens with two attached hydrogens (primary N) is 1. The standard InChI is InChI=1S/C9H18N6O/c1-2-3-4-11-8-13-7(10)14-9(15-8)12-5-6-16/h16H,2-6H2,1H3,(H4,10,11,12,13,14,15). The van der Waals surface area contributed by atoms with Gasteiger partial charge in [0, 0.05) is 13.1 Å². The van der Waals surface area contributed by atoms with Gasteiger partial charge in [-0.05, 0) is 6.42 Å². The van der Waals surface area contributed by atoms with Crippen LogP contribution in [0.4, 0.5) is 17.8 Å². The van der Waals surface area contributed by atoms with Crippen molar-refractivity contribution in [2.75, 3.05) is 36.1 Å². The fraction of sp³-hybridized carbons (Fsp3) is 0.667. The minimum atomic E-state index is 0.0180. The Bertz CT molecular complexity index is 319. The molecule has 0 aromatic carbocycles. The number of rotatable bonds is 7. The quantitative estimate of drug-likeness (QED) is 0.487. The van der Waals surface area contributed by atoms with E-state index in [0.717, 1.165) is 19.4 Å². The number of hydrogen-bond acceptors (Lipinski definition) is 7. The van der Waals surface area contributed by atoms with Gasteiger partial charge in [0.1, 0.15) is 0 Å². The summed E-state index contributed by atoms with van der Waals surface area (Å²) in [6.07, 6.45) is 2.15. The molecule has 90 valence electrons. The summed E-state index contributed by atoms with van der Waals surface area (Å²) in [6, 6.07) is 0. The Labute approximate surface area is 94.5 Å². The van der Waals surface area contributed by atoms with Crippen LogP contribution in [0.1, 0.15) is 19.8 Å². The third kappa shape index (κ3) is 4.26. The normalized spacial score (nSPS) is 10.1. The van der Waals surface area contributed by atoms with E-state index in [0.29, 0.717) is 18.4 Å². The second-order valence-corrected chi connectivity index (χ2v) is 3.27. The molecule has 0 spiro atoms. The van der Waals surface area contributed by atoms with Gasteiger partial charge in [-0.15, -0.1) is 0 Å². The molecule has 0 atom stereocenters. The van der Waals surface area contributed by atoms with Gasteiger partial charge in [-0.1, -0.05) is 13.3 Å². The number of nitrogen functional groups attached to an aromatic ring is 1. The van der Waals surface area contributed by atoms with Crippen LogP contribution in [-0.4, -0.2) is 39.8 Å². The Balaban J connectivity index is 2.58. The molecule has 7 nitrogen and oxygen atoms in total. The summed E-state index contributed by atoms with van der Waals surface area (Å²) in [5.41, 5.74) is 5.53. The molecule has 1 aromatic rings. The van der Waals surface area contributed by atoms with E-state index in [1.54, 1.807) is 0 Å². The Kier molecular flexibility index (Phi) is 5.27. The SMILES string of the molecule is CCCCNc1nc(N)nc(NCCO)n1. The molecule has 0 unspecified atom stereocenters. The third-order valence-corrected chi connectivity index (χ3v) is 1.86. The van der Waals surface area contributed by atoms with Crippen molar-refractivity contribution < 1.29 is 5.11 Å². The lowest BCUT2D eigenvalue weighted by Crippen LogP contribution is -2.13. The first-order chi connectivity index (χ1) is 7.76. The third-order valence-electron chi connectivity index (χ3n) is 1.86. The van der Waals surface area contributed by atoms with Crippen LogP contribution in [0.15, 0.2) is 0 Å². The van der Waals surface area contributed by atoms with Crippen molar-refractivity contribution in [3.63, 3.8) is 0 Å². The number of aliphatic hydroxyl groups excluding tert-OH is 1. The van der Waals surface area contributed by atoms with Gasteiger partial charge in [-0.2, -0.15) is 15.0 Å². The molecule has 0 amide bonds. The molecule has 5 N–H and O–H groups in total. The minimum Gasteiger partial charge on any atom is -0.395 e. The highest BCUT2D eigenvalue weighted by atomic mass is 16.3. The first-order valence-corrected chi connectivity index (χ1v) is 5.36. The van der Waals surface area contributed by atoms with Gasteiger partial charge in [-0.3, -0.25) is 0 Å². The maximum Gasteiger partial charge on any atom is 0.229 e. The highest BCUT2D eigenvalue weighted by Gasteiger charge is 2.02. The van der Waals surface area contributed by atoms with Gasteiger partial charge < -0.3 is 21.5 Å². The van der Waals surface area contributed by atoms with Crippen molar-refractivity contribution in [2.24, 2.45) is 0 Å². The van der Waals surface area contributed by atoms with Crippen LogP contribution in [0.3, 0.4) is 0 Å². The second-order valence-electron chi connectivity index (χ2n) is 3.27. The van der Waals surface area contributed by atoms with Crippen molar-refractivity contribution in [2.45, 2.75) is 19.8 Å². The van der Waals surface area contributed by atoms with Crippen LogP contribution >= 0.6 is 0 Å². The van der Waals surface area contributed by atoms with Crippen LogP contribution < -0.4 is 16.4 Å². The predicted octanol–water partition coefficient (Wildman–Crippen LogP) is 0.0700. The van der Waals surface area contributed by atoms with Crippen LogP contribution in [0.25, 0.3) is 0 Å². The lowest BCUT2D eigenvalue weighted by atomic mass is 10.3. The lowest BCUT2D eigenvalue weighted by molar-refractivity contribution is 0.311. The zero-order chi connectivity index (χ0) is 11.8. The van der Waals surface area contributed by atoms with Gasteiger partial charge in [0.2, 0.25) is 17.8 Å². The van der Waals surface area contributed by atoms with Gasteiger partial charge in [-0.25, -0.2) is 0 Å². The molecular formula is C9H18N6O. The number of anilines is 3. The molecular weight excluding hydrogens is 208 g/mol. The number of nitrogens with zero attached hydrogens (tertiary/aromatic N) is 3. The fourth-order valence-corrected chi connectivity index (χ4v) is 1.10. The summed E-state index contributed by atoms with van der Waals surface area (Å²) in [5, 5.41) is 14.6. The van der Waals surface area contributed by atoms with Crippen molar-refractivity contribution in [3.8, 4) is 0 Å². The largest absolute Gasteiger partial charge is 0.395 e. The van der Waals surface area contributed by atoms with E-state index in [4.69, 9.17) is 10.8 Å². The topological polar surface area (TPSA) is 109 Å². The monoisotopic (exact) mass is 226 g/mol. The summed E-state index contributed by atoms with van der Waals surface area (Å²) in [6.45, 7) is 3.32. The average molecular weight is 226 g/mol. The molecule has 0 aliphatic carbocycles. The van der Waals surface area contributed by atoms with Crippen molar-refractivity contribution in [1.82, 2.24) is 15.0 Å². The smallest absolute Gasteiger partial charge is 0.229 e. The Hall–Kier alpha value is -1.63. The summed E-state index contributed by atoms with van der Waals surface area (Å²) >= 11 is 0. The van der Waals surface area contributed by atoms with Gasteiger partial charge >= 0.3 is 0 Å². The molecule has 0 bridgehead atoms. The molecule has 0 aliphatic rings. The zero-order valence-electron chi connectivity index (χ0n) is 9.40. The number of aliphatic hydroxyl groups is 1. The van der Waals surface area contributed by atoms with Gasteiger partial charge in [0.25, 0.3) is 0 Å². The summed E-state index contributed by atoms with van der Waals surface area (Å²) in [7, 11) is 0. The molecule has 0 aliphatic heterocycles. The Morgan fingerprint density at radius 3 is 2.31 bits per heavy atom. The summed E-state index contributed by atoms with van der Waals surface area (Å²) < 4.78 is 0. The lowest BCUT2D eigenvalue weighted by Gasteiger charge is -2.07. The molecule has 1 heterocycles. The van der Waals surface area contributed by atoms with E-state index in [1.165, 1.54) is 0 Å². The molecule has 0 saturated heterocycles. The molecule has 1 aromatic heterocycles. The van der Waals surface area contributed by atoms with Crippen LogP contribution in [0.5, 0.6) is 0 Å². The van der Waals surface area contributed by atoms with Gasteiger partial charge in [0.15, 0.2) is 0 Å². The molecule has 16 heavy (non-hydrogen) atoms. The number of aromatic nitrogens is 3. The van der Waals surface area contributed by atoms with Gasteiger partial charge in [0.05, 0.1) is 6.61 Å². The van der Waals surface area contributed by atoms with E-state index in [1.807, 2.05) is 0 Å². The van der Waals surface area contributed by atoms with E-state index in [2.05, 4.69) is 32.5 Å². The van der Waals surface area contributed by atoms with Crippen LogP contribution in [-0.2, 0) is 0 Å². The highest BCUT2D eigenvalue weighted by Crippen LogP contribution is 2.06. The number of hydrogen-bond donors (Lipinski definition) is 4. The van der Waals surface area contributed by atoms with E-state index in [9.17, 15) is 0 Å². The number of unbranched alkanes of at least 4 members (excludes halogenated alkanes) is 1. The maximum atomic E-state index is 8.66. The second kappa shape index (κ2) is 6.78. The zero-order valence-corrected chi connectivity index (χ0v) is 9.40. The first-order valence-electron chi connectivity index (χ1n) is 5.36. The fourth-order valence-electron chi connectivity index (χ4n) is 1.10. The van der Waals surface area contributed by atoms with Crippen molar-refractivity contribution in [1.29, 1.82) is 0 Å². The predicted molar refractivity (Wildman–Crippen MR) is 63.2 cm³/mol.